The van der Waals surface area contributed by atoms with E-state index in [4.69, 9.17) is 5.26 Å². The molecule has 1 aromatic carbocycles. The highest BCUT2D eigenvalue weighted by Gasteiger charge is 2.26. The summed E-state index contributed by atoms with van der Waals surface area (Å²) in [7, 11) is 2.01. The normalized spacial score (nSPS) is 19.9. The van der Waals surface area contributed by atoms with Gasteiger partial charge in [-0.2, -0.15) is 5.26 Å². The van der Waals surface area contributed by atoms with E-state index in [9.17, 15) is 4.79 Å². The second kappa shape index (κ2) is 4.98. The summed E-state index contributed by atoms with van der Waals surface area (Å²) in [6.07, 6.45) is 0.886. The number of carbonyl (C=O) groups excluding carboxylic acids is 1. The van der Waals surface area contributed by atoms with Crippen molar-refractivity contribution in [2.75, 3.05) is 25.5 Å². The lowest BCUT2D eigenvalue weighted by Gasteiger charge is -2.12. The Morgan fingerprint density at radius 3 is 2.94 bits per heavy atom. The zero-order chi connectivity index (χ0) is 12.3. The van der Waals surface area contributed by atoms with Gasteiger partial charge in [-0.15, -0.1) is 0 Å². The second-order valence-corrected chi connectivity index (χ2v) is 4.39. The molecule has 1 amide bonds. The van der Waals surface area contributed by atoms with Gasteiger partial charge in [0.15, 0.2) is 0 Å². The maximum absolute atomic E-state index is 12.0. The Labute approximate surface area is 101 Å². The van der Waals surface area contributed by atoms with Crippen LogP contribution in [0.4, 0.5) is 5.69 Å². The first kappa shape index (κ1) is 11.6. The second-order valence-electron chi connectivity index (χ2n) is 4.39. The number of nitrogens with zero attached hydrogens (tertiary/aromatic N) is 2. The summed E-state index contributed by atoms with van der Waals surface area (Å²) in [6.45, 7) is 1.75. The third-order valence-electron chi connectivity index (χ3n) is 3.07. The molecule has 0 aromatic heterocycles. The third kappa shape index (κ3) is 2.63. The predicted molar refractivity (Wildman–Crippen MR) is 65.4 cm³/mol. The molecule has 1 atom stereocenters. The molecule has 1 aromatic rings. The minimum absolute atomic E-state index is 0.0112. The van der Waals surface area contributed by atoms with Crippen molar-refractivity contribution in [3.8, 4) is 6.07 Å². The highest BCUT2D eigenvalue weighted by Crippen LogP contribution is 2.19. The van der Waals surface area contributed by atoms with Gasteiger partial charge in [-0.25, -0.2) is 0 Å². The summed E-state index contributed by atoms with van der Waals surface area (Å²) in [5.41, 5.74) is 1.11. The van der Waals surface area contributed by atoms with Crippen molar-refractivity contribution in [3.63, 3.8) is 0 Å². The maximum atomic E-state index is 12.0. The molecule has 0 bridgehead atoms. The van der Waals surface area contributed by atoms with Gasteiger partial charge in [0.2, 0.25) is 5.91 Å². The number of carbonyl (C=O) groups is 1. The molecule has 1 aliphatic heterocycles. The van der Waals surface area contributed by atoms with Crippen LogP contribution in [0.1, 0.15) is 12.0 Å². The van der Waals surface area contributed by atoms with E-state index in [-0.39, 0.29) is 11.8 Å². The number of likely N-dealkylation sites (tertiary alicyclic amines) is 1. The number of hydrogen-bond donors (Lipinski definition) is 1. The molecular formula is C13H15N3O. The molecule has 0 saturated carbocycles. The van der Waals surface area contributed by atoms with Crippen LogP contribution in [0.5, 0.6) is 0 Å². The molecule has 4 nitrogen and oxygen atoms in total. The van der Waals surface area contributed by atoms with Gasteiger partial charge >= 0.3 is 0 Å². The van der Waals surface area contributed by atoms with E-state index in [0.717, 1.165) is 19.5 Å². The standard InChI is InChI=1S/C13H15N3O/c1-16-7-6-11(9-16)13(17)15-12-5-3-2-4-10(12)8-14/h2-5,11H,6-7,9H2,1H3,(H,15,17). The first-order valence-corrected chi connectivity index (χ1v) is 5.69. The molecule has 1 fully saturated rings. The van der Waals surface area contributed by atoms with Gasteiger partial charge < -0.3 is 10.2 Å². The minimum atomic E-state index is 0.0112. The molecule has 1 saturated heterocycles. The lowest BCUT2D eigenvalue weighted by Crippen LogP contribution is -2.25. The van der Waals surface area contributed by atoms with Crippen LogP contribution >= 0.6 is 0 Å². The molecule has 88 valence electrons. The Hall–Kier alpha value is -1.86. The van der Waals surface area contributed by atoms with Crippen molar-refractivity contribution in [2.24, 2.45) is 5.92 Å². The number of para-hydroxylation sites is 1. The molecule has 2 rings (SSSR count). The van der Waals surface area contributed by atoms with Crippen LogP contribution in [-0.2, 0) is 4.79 Å². The SMILES string of the molecule is CN1CCC(C(=O)Nc2ccccc2C#N)C1. The number of rotatable bonds is 2. The summed E-state index contributed by atoms with van der Waals surface area (Å²) in [5, 5.41) is 11.8. The van der Waals surface area contributed by atoms with E-state index in [1.807, 2.05) is 13.1 Å². The zero-order valence-electron chi connectivity index (χ0n) is 9.81. The predicted octanol–water partition coefficient (Wildman–Crippen LogP) is 1.45. The minimum Gasteiger partial charge on any atom is -0.325 e. The molecule has 0 radical (unpaired) electrons. The quantitative estimate of drug-likeness (QED) is 0.835. The van der Waals surface area contributed by atoms with Gasteiger partial charge in [0.05, 0.1) is 17.2 Å². The molecule has 1 heterocycles. The molecule has 4 heteroatoms. The van der Waals surface area contributed by atoms with Gasteiger partial charge in [-0.3, -0.25) is 4.79 Å². The van der Waals surface area contributed by atoms with Gasteiger partial charge in [0.1, 0.15) is 6.07 Å². The van der Waals surface area contributed by atoms with Gasteiger partial charge in [0.25, 0.3) is 0 Å². The average Bonchev–Trinajstić information content (AvgIpc) is 2.77. The van der Waals surface area contributed by atoms with Crippen LogP contribution in [0.3, 0.4) is 0 Å². The topological polar surface area (TPSA) is 56.1 Å². The summed E-state index contributed by atoms with van der Waals surface area (Å²) in [6, 6.07) is 9.14. The fraction of sp³-hybridized carbons (Fsp3) is 0.385. The van der Waals surface area contributed by atoms with E-state index in [1.54, 1.807) is 18.2 Å². The average molecular weight is 229 g/mol. The number of nitriles is 1. The molecule has 0 spiro atoms. The smallest absolute Gasteiger partial charge is 0.228 e. The number of anilines is 1. The first-order valence-electron chi connectivity index (χ1n) is 5.69. The van der Waals surface area contributed by atoms with Crippen LogP contribution in [-0.4, -0.2) is 30.9 Å². The van der Waals surface area contributed by atoms with Crippen LogP contribution in [0.15, 0.2) is 24.3 Å². The Bertz CT molecular complexity index is 464. The highest BCUT2D eigenvalue weighted by molar-refractivity contribution is 5.94. The monoisotopic (exact) mass is 229 g/mol. The summed E-state index contributed by atoms with van der Waals surface area (Å²) < 4.78 is 0. The van der Waals surface area contributed by atoms with Crippen molar-refractivity contribution in [2.45, 2.75) is 6.42 Å². The summed E-state index contributed by atoms with van der Waals surface area (Å²) >= 11 is 0. The van der Waals surface area contributed by atoms with E-state index in [2.05, 4.69) is 16.3 Å². The number of benzene rings is 1. The molecule has 17 heavy (non-hydrogen) atoms. The van der Waals surface area contributed by atoms with Crippen molar-refractivity contribution >= 4 is 11.6 Å². The lowest BCUT2D eigenvalue weighted by molar-refractivity contribution is -0.119. The third-order valence-corrected chi connectivity index (χ3v) is 3.07. The Kier molecular flexibility index (Phi) is 3.40. The van der Waals surface area contributed by atoms with E-state index in [0.29, 0.717) is 11.3 Å². The Morgan fingerprint density at radius 2 is 2.29 bits per heavy atom. The van der Waals surface area contributed by atoms with Crippen LogP contribution < -0.4 is 5.32 Å². The largest absolute Gasteiger partial charge is 0.325 e. The van der Waals surface area contributed by atoms with Crippen molar-refractivity contribution < 1.29 is 4.79 Å². The number of hydrogen-bond acceptors (Lipinski definition) is 3. The molecule has 1 N–H and O–H groups in total. The molecule has 0 aliphatic carbocycles. The van der Waals surface area contributed by atoms with E-state index in [1.165, 1.54) is 0 Å². The van der Waals surface area contributed by atoms with Crippen molar-refractivity contribution in [3.05, 3.63) is 29.8 Å². The Morgan fingerprint density at radius 1 is 1.53 bits per heavy atom. The molecule has 1 unspecified atom stereocenters. The molecule has 1 aliphatic rings. The zero-order valence-corrected chi connectivity index (χ0v) is 9.81. The number of amides is 1. The fourth-order valence-corrected chi connectivity index (χ4v) is 2.07. The van der Waals surface area contributed by atoms with Gasteiger partial charge in [-0.1, -0.05) is 12.1 Å². The Balaban J connectivity index is 2.06. The first-order chi connectivity index (χ1) is 8.20. The van der Waals surface area contributed by atoms with Crippen molar-refractivity contribution in [1.29, 1.82) is 5.26 Å². The highest BCUT2D eigenvalue weighted by atomic mass is 16.1. The summed E-state index contributed by atoms with van der Waals surface area (Å²) in [4.78, 5) is 14.1. The van der Waals surface area contributed by atoms with Crippen LogP contribution in [0.25, 0.3) is 0 Å². The van der Waals surface area contributed by atoms with Crippen LogP contribution in [0, 0.1) is 17.2 Å². The molecular weight excluding hydrogens is 214 g/mol. The van der Waals surface area contributed by atoms with E-state index < -0.39 is 0 Å². The van der Waals surface area contributed by atoms with Gasteiger partial charge in [0, 0.05) is 6.54 Å². The number of nitrogens with one attached hydrogen (secondary N) is 1. The lowest BCUT2D eigenvalue weighted by atomic mass is 10.1. The van der Waals surface area contributed by atoms with Gasteiger partial charge in [-0.05, 0) is 32.1 Å². The fourth-order valence-electron chi connectivity index (χ4n) is 2.07. The maximum Gasteiger partial charge on any atom is 0.228 e. The van der Waals surface area contributed by atoms with E-state index >= 15 is 0 Å². The summed E-state index contributed by atoms with van der Waals surface area (Å²) in [5.74, 6) is 0.0452. The van der Waals surface area contributed by atoms with Crippen molar-refractivity contribution in [1.82, 2.24) is 4.90 Å². The van der Waals surface area contributed by atoms with Crippen LogP contribution in [0.2, 0.25) is 0 Å².